The number of anilines is 1. The molecular formula is C26H22N2O4. The minimum Gasteiger partial charge on any atom is -0.462 e. The van der Waals surface area contributed by atoms with Gasteiger partial charge in [-0.2, -0.15) is 0 Å². The van der Waals surface area contributed by atoms with Crippen molar-refractivity contribution >= 4 is 28.9 Å². The van der Waals surface area contributed by atoms with Crippen LogP contribution in [0, 0.1) is 0 Å². The monoisotopic (exact) mass is 426 g/mol. The number of Topliss-reactive ketones (excluding diaryl/α,β-unsaturated/α-hetero) is 1. The summed E-state index contributed by atoms with van der Waals surface area (Å²) in [5.41, 5.74) is 3.74. The lowest BCUT2D eigenvalue weighted by Gasteiger charge is -2.07. The fourth-order valence-electron chi connectivity index (χ4n) is 3.45. The maximum Gasteiger partial charge on any atom is 0.338 e. The van der Waals surface area contributed by atoms with Crippen LogP contribution in [0.3, 0.4) is 0 Å². The van der Waals surface area contributed by atoms with E-state index in [0.29, 0.717) is 17.9 Å². The molecule has 160 valence electrons. The molecule has 2 aromatic heterocycles. The number of hydrogen-bond donors (Lipinski definition) is 1. The van der Waals surface area contributed by atoms with Crippen molar-refractivity contribution in [3.05, 3.63) is 96.3 Å². The van der Waals surface area contributed by atoms with Crippen molar-refractivity contribution in [1.29, 1.82) is 0 Å². The van der Waals surface area contributed by atoms with E-state index in [1.165, 1.54) is 0 Å². The van der Waals surface area contributed by atoms with E-state index in [-0.39, 0.29) is 5.69 Å². The van der Waals surface area contributed by atoms with Gasteiger partial charge in [0.05, 0.1) is 23.4 Å². The fourth-order valence-corrected chi connectivity index (χ4v) is 3.45. The predicted molar refractivity (Wildman–Crippen MR) is 123 cm³/mol. The van der Waals surface area contributed by atoms with Gasteiger partial charge >= 0.3 is 5.97 Å². The molecule has 0 fully saturated rings. The topological polar surface area (TPSA) is 76.9 Å². The Labute approximate surface area is 185 Å². The third kappa shape index (κ3) is 4.30. The number of rotatable bonds is 7. The smallest absolute Gasteiger partial charge is 0.338 e. The van der Waals surface area contributed by atoms with Gasteiger partial charge in [0.2, 0.25) is 0 Å². The molecule has 0 bridgehead atoms. The van der Waals surface area contributed by atoms with Crippen molar-refractivity contribution in [1.82, 2.24) is 4.40 Å². The highest BCUT2D eigenvalue weighted by atomic mass is 16.5. The van der Waals surface area contributed by atoms with Gasteiger partial charge in [0.1, 0.15) is 0 Å². The van der Waals surface area contributed by atoms with Crippen LogP contribution in [0.4, 0.5) is 5.69 Å². The number of hydrogen-bond acceptors (Lipinski definition) is 4. The van der Waals surface area contributed by atoms with Crippen LogP contribution < -0.4 is 5.32 Å². The number of carbonyl (C=O) groups excluding carboxylic acids is 3. The largest absolute Gasteiger partial charge is 0.462 e. The van der Waals surface area contributed by atoms with Crippen LogP contribution in [0.15, 0.2) is 85.1 Å². The molecule has 4 rings (SSSR count). The summed E-state index contributed by atoms with van der Waals surface area (Å²) in [6.45, 7) is 2.27. The number of fused-ring (bicyclic) bond motifs is 1. The SMILES string of the molecule is CCCOC(=O)c1ccc(NC(=O)C(=O)c2cc(-c3ccccc3)c3ccccn23)cc1. The van der Waals surface area contributed by atoms with E-state index >= 15 is 0 Å². The predicted octanol–water partition coefficient (Wildman–Crippen LogP) is 4.99. The molecule has 0 saturated heterocycles. The van der Waals surface area contributed by atoms with E-state index in [0.717, 1.165) is 23.1 Å². The number of ether oxygens (including phenoxy) is 1. The second-order valence-electron chi connectivity index (χ2n) is 7.26. The molecule has 1 amide bonds. The van der Waals surface area contributed by atoms with Crippen molar-refractivity contribution in [2.45, 2.75) is 13.3 Å². The Morgan fingerprint density at radius 3 is 2.34 bits per heavy atom. The number of pyridine rings is 1. The number of benzene rings is 2. The summed E-state index contributed by atoms with van der Waals surface area (Å²) in [7, 11) is 0. The van der Waals surface area contributed by atoms with Crippen LogP contribution in [-0.2, 0) is 9.53 Å². The van der Waals surface area contributed by atoms with Gasteiger partial charge in [-0.1, -0.05) is 43.3 Å². The minimum atomic E-state index is -0.755. The van der Waals surface area contributed by atoms with Crippen LogP contribution in [0.5, 0.6) is 0 Å². The first-order valence-corrected chi connectivity index (χ1v) is 10.4. The van der Waals surface area contributed by atoms with E-state index in [2.05, 4.69) is 5.32 Å². The molecule has 2 aromatic carbocycles. The Bertz CT molecular complexity index is 1270. The van der Waals surface area contributed by atoms with Gasteiger partial charge in [0, 0.05) is 17.4 Å². The summed E-state index contributed by atoms with van der Waals surface area (Å²) in [6, 6.07) is 23.3. The molecule has 2 heterocycles. The van der Waals surface area contributed by atoms with Crippen LogP contribution in [-0.4, -0.2) is 28.7 Å². The van der Waals surface area contributed by atoms with Crippen LogP contribution >= 0.6 is 0 Å². The third-order valence-corrected chi connectivity index (χ3v) is 5.02. The minimum absolute atomic E-state index is 0.275. The molecule has 1 N–H and O–H groups in total. The molecule has 0 radical (unpaired) electrons. The maximum absolute atomic E-state index is 13.0. The quantitative estimate of drug-likeness (QED) is 0.256. The van der Waals surface area contributed by atoms with E-state index in [4.69, 9.17) is 4.74 Å². The fraction of sp³-hybridized carbons (Fsp3) is 0.115. The van der Waals surface area contributed by atoms with Crippen molar-refractivity contribution in [3.8, 4) is 11.1 Å². The van der Waals surface area contributed by atoms with Gasteiger partial charge in [0.25, 0.3) is 11.7 Å². The Morgan fingerprint density at radius 2 is 1.62 bits per heavy atom. The number of nitrogens with one attached hydrogen (secondary N) is 1. The standard InChI is InChI=1S/C26H22N2O4/c1-2-16-32-26(31)19-11-13-20(14-12-19)27-25(30)24(29)23-17-21(18-8-4-3-5-9-18)22-10-6-7-15-28(22)23/h3-15,17H,2,16H2,1H3,(H,27,30). The van der Waals surface area contributed by atoms with Crippen molar-refractivity contribution in [3.63, 3.8) is 0 Å². The molecule has 0 saturated carbocycles. The van der Waals surface area contributed by atoms with E-state index in [9.17, 15) is 14.4 Å². The molecule has 0 aliphatic carbocycles. The van der Waals surface area contributed by atoms with Crippen molar-refractivity contribution < 1.29 is 19.1 Å². The van der Waals surface area contributed by atoms with E-state index in [1.54, 1.807) is 40.9 Å². The molecule has 0 spiro atoms. The number of esters is 1. The normalized spacial score (nSPS) is 10.7. The highest BCUT2D eigenvalue weighted by Gasteiger charge is 2.22. The molecule has 32 heavy (non-hydrogen) atoms. The summed E-state index contributed by atoms with van der Waals surface area (Å²) in [4.78, 5) is 37.6. The summed E-state index contributed by atoms with van der Waals surface area (Å²) in [5, 5.41) is 2.61. The van der Waals surface area contributed by atoms with Crippen LogP contribution in [0.25, 0.3) is 16.6 Å². The summed E-state index contributed by atoms with van der Waals surface area (Å²) < 4.78 is 6.81. The summed E-state index contributed by atoms with van der Waals surface area (Å²) >= 11 is 0. The average Bonchev–Trinajstić information content (AvgIpc) is 3.22. The number of nitrogens with zero attached hydrogens (tertiary/aromatic N) is 1. The lowest BCUT2D eigenvalue weighted by atomic mass is 10.1. The van der Waals surface area contributed by atoms with E-state index in [1.807, 2.05) is 55.5 Å². The van der Waals surface area contributed by atoms with Gasteiger partial charge < -0.3 is 14.5 Å². The summed E-state index contributed by atoms with van der Waals surface area (Å²) in [6.07, 6.45) is 2.50. The average molecular weight is 426 g/mol. The van der Waals surface area contributed by atoms with Gasteiger partial charge in [-0.15, -0.1) is 0 Å². The summed E-state index contributed by atoms with van der Waals surface area (Å²) in [5.74, 6) is -1.83. The zero-order valence-electron chi connectivity index (χ0n) is 17.6. The highest BCUT2D eigenvalue weighted by molar-refractivity contribution is 6.46. The van der Waals surface area contributed by atoms with Gasteiger partial charge in [-0.25, -0.2) is 4.79 Å². The second-order valence-corrected chi connectivity index (χ2v) is 7.26. The number of amides is 1. The first-order chi connectivity index (χ1) is 15.6. The Morgan fingerprint density at radius 1 is 0.906 bits per heavy atom. The Hall–Kier alpha value is -4.19. The lowest BCUT2D eigenvalue weighted by molar-refractivity contribution is -0.112. The number of carbonyl (C=O) groups is 3. The highest BCUT2D eigenvalue weighted by Crippen LogP contribution is 2.28. The lowest BCUT2D eigenvalue weighted by Crippen LogP contribution is -2.24. The molecule has 4 aromatic rings. The Balaban J connectivity index is 1.56. The molecule has 6 nitrogen and oxygen atoms in total. The van der Waals surface area contributed by atoms with Gasteiger partial charge in [0.15, 0.2) is 0 Å². The first-order valence-electron chi connectivity index (χ1n) is 10.4. The van der Waals surface area contributed by atoms with Gasteiger partial charge in [-0.05, 0) is 54.4 Å². The molecular weight excluding hydrogens is 404 g/mol. The molecule has 0 unspecified atom stereocenters. The van der Waals surface area contributed by atoms with E-state index < -0.39 is 17.7 Å². The van der Waals surface area contributed by atoms with Crippen molar-refractivity contribution in [2.24, 2.45) is 0 Å². The molecule has 0 atom stereocenters. The number of aromatic nitrogens is 1. The maximum atomic E-state index is 13.0. The molecule has 0 aliphatic heterocycles. The first kappa shape index (κ1) is 21.1. The zero-order chi connectivity index (χ0) is 22.5. The van der Waals surface area contributed by atoms with Crippen LogP contribution in [0.1, 0.15) is 34.2 Å². The van der Waals surface area contributed by atoms with Crippen LogP contribution in [0.2, 0.25) is 0 Å². The number of ketones is 1. The second kappa shape index (κ2) is 9.31. The third-order valence-electron chi connectivity index (χ3n) is 5.02. The zero-order valence-corrected chi connectivity index (χ0v) is 17.6. The molecule has 6 heteroatoms. The van der Waals surface area contributed by atoms with Crippen molar-refractivity contribution in [2.75, 3.05) is 11.9 Å². The van der Waals surface area contributed by atoms with Gasteiger partial charge in [-0.3, -0.25) is 9.59 Å². The molecule has 0 aliphatic rings. The Kier molecular flexibility index (Phi) is 6.12.